The highest BCUT2D eigenvalue weighted by molar-refractivity contribution is 6.05. The molecule has 2 aromatic carbocycles. The first kappa shape index (κ1) is 18.4. The summed E-state index contributed by atoms with van der Waals surface area (Å²) in [5.41, 5.74) is 4.53. The van der Waals surface area contributed by atoms with Gasteiger partial charge >= 0.3 is 0 Å². The molecule has 6 nitrogen and oxygen atoms in total. The van der Waals surface area contributed by atoms with Crippen LogP contribution in [-0.4, -0.2) is 46.9 Å². The van der Waals surface area contributed by atoms with Crippen LogP contribution < -0.4 is 5.32 Å². The Morgan fingerprint density at radius 3 is 2.75 bits per heavy atom. The van der Waals surface area contributed by atoms with Gasteiger partial charge in [-0.3, -0.25) is 9.69 Å². The van der Waals surface area contributed by atoms with E-state index in [1.54, 1.807) is 10.9 Å². The molecule has 0 unspecified atom stereocenters. The summed E-state index contributed by atoms with van der Waals surface area (Å²) >= 11 is 0. The third-order valence-electron chi connectivity index (χ3n) is 4.99. The summed E-state index contributed by atoms with van der Waals surface area (Å²) in [5, 5.41) is 7.36. The first-order valence-electron chi connectivity index (χ1n) is 9.51. The Hall–Kier alpha value is -2.96. The highest BCUT2D eigenvalue weighted by Gasteiger charge is 2.15. The van der Waals surface area contributed by atoms with E-state index in [4.69, 9.17) is 4.74 Å². The zero-order valence-corrected chi connectivity index (χ0v) is 16.0. The number of carbonyl (C=O) groups excluding carboxylic acids is 1. The molecule has 4 rings (SSSR count). The molecule has 28 heavy (non-hydrogen) atoms. The Kier molecular flexibility index (Phi) is 5.50. The Morgan fingerprint density at radius 1 is 1.14 bits per heavy atom. The van der Waals surface area contributed by atoms with Crippen LogP contribution in [0.1, 0.15) is 21.5 Å². The maximum Gasteiger partial charge on any atom is 0.255 e. The molecule has 0 radical (unpaired) electrons. The molecular weight excluding hydrogens is 352 g/mol. The van der Waals surface area contributed by atoms with Crippen molar-refractivity contribution >= 4 is 11.6 Å². The topological polar surface area (TPSA) is 59.4 Å². The molecule has 2 heterocycles. The third kappa shape index (κ3) is 4.13. The second-order valence-corrected chi connectivity index (χ2v) is 6.95. The summed E-state index contributed by atoms with van der Waals surface area (Å²) in [5.74, 6) is -0.122. The summed E-state index contributed by atoms with van der Waals surface area (Å²) in [6.07, 6.45) is 3.61. The second-order valence-electron chi connectivity index (χ2n) is 6.95. The van der Waals surface area contributed by atoms with E-state index in [1.165, 1.54) is 0 Å². The maximum absolute atomic E-state index is 12.9. The molecule has 1 aliphatic heterocycles. The lowest BCUT2D eigenvalue weighted by molar-refractivity contribution is 0.0342. The van der Waals surface area contributed by atoms with Crippen molar-refractivity contribution in [3.63, 3.8) is 0 Å². The highest BCUT2D eigenvalue weighted by atomic mass is 16.5. The minimum atomic E-state index is -0.122. The predicted molar refractivity (Wildman–Crippen MR) is 109 cm³/mol. The number of anilines is 1. The van der Waals surface area contributed by atoms with Crippen LogP contribution >= 0.6 is 0 Å². The highest BCUT2D eigenvalue weighted by Crippen LogP contribution is 2.21. The number of benzene rings is 2. The van der Waals surface area contributed by atoms with Crippen LogP contribution in [-0.2, 0) is 11.3 Å². The first-order valence-corrected chi connectivity index (χ1v) is 9.51. The van der Waals surface area contributed by atoms with Gasteiger partial charge in [0.15, 0.2) is 0 Å². The lowest BCUT2D eigenvalue weighted by atomic mass is 10.1. The number of ether oxygens (including phenoxy) is 1. The standard InChI is InChI=1S/C22H24N4O2/c1-17-7-8-18(15-21(17)26-10-4-9-23-26)22(27)24-20-6-3-2-5-19(20)16-25-11-13-28-14-12-25/h2-10,15H,11-14,16H2,1H3,(H,24,27). The van der Waals surface area contributed by atoms with Gasteiger partial charge in [-0.05, 0) is 42.3 Å². The summed E-state index contributed by atoms with van der Waals surface area (Å²) in [6, 6.07) is 15.5. The number of aryl methyl sites for hydroxylation is 1. The Labute approximate surface area is 164 Å². The van der Waals surface area contributed by atoms with Crippen LogP contribution in [0.5, 0.6) is 0 Å². The minimum absolute atomic E-state index is 0.122. The molecule has 3 aromatic rings. The van der Waals surface area contributed by atoms with Gasteiger partial charge in [-0.1, -0.05) is 24.3 Å². The molecule has 1 N–H and O–H groups in total. The van der Waals surface area contributed by atoms with Gasteiger partial charge in [0.2, 0.25) is 0 Å². The average molecular weight is 376 g/mol. The fourth-order valence-electron chi connectivity index (χ4n) is 3.38. The van der Waals surface area contributed by atoms with Crippen LogP contribution in [0.15, 0.2) is 60.9 Å². The molecule has 144 valence electrons. The molecule has 1 amide bonds. The largest absolute Gasteiger partial charge is 0.379 e. The third-order valence-corrected chi connectivity index (χ3v) is 4.99. The van der Waals surface area contributed by atoms with Crippen LogP contribution in [0.4, 0.5) is 5.69 Å². The van der Waals surface area contributed by atoms with E-state index in [0.717, 1.165) is 55.3 Å². The van der Waals surface area contributed by atoms with Crippen molar-refractivity contribution in [2.75, 3.05) is 31.6 Å². The number of carbonyl (C=O) groups is 1. The number of morpholine rings is 1. The maximum atomic E-state index is 12.9. The van der Waals surface area contributed by atoms with Crippen LogP contribution in [0, 0.1) is 6.92 Å². The molecular formula is C22H24N4O2. The van der Waals surface area contributed by atoms with Gasteiger partial charge < -0.3 is 10.1 Å². The summed E-state index contributed by atoms with van der Waals surface area (Å²) < 4.78 is 7.20. The quantitative estimate of drug-likeness (QED) is 0.743. The lowest BCUT2D eigenvalue weighted by Gasteiger charge is -2.27. The first-order chi connectivity index (χ1) is 13.7. The van der Waals surface area contributed by atoms with E-state index in [2.05, 4.69) is 21.4 Å². The van der Waals surface area contributed by atoms with Gasteiger partial charge in [0.1, 0.15) is 0 Å². The van der Waals surface area contributed by atoms with E-state index in [9.17, 15) is 4.79 Å². The van der Waals surface area contributed by atoms with E-state index >= 15 is 0 Å². The van der Waals surface area contributed by atoms with Gasteiger partial charge in [-0.2, -0.15) is 5.10 Å². The Bertz CT molecular complexity index is 947. The van der Waals surface area contributed by atoms with Gasteiger partial charge in [0.05, 0.1) is 18.9 Å². The van der Waals surface area contributed by atoms with Crippen LogP contribution in [0.2, 0.25) is 0 Å². The normalized spacial score (nSPS) is 14.8. The molecule has 0 bridgehead atoms. The van der Waals surface area contributed by atoms with Crippen molar-refractivity contribution in [2.24, 2.45) is 0 Å². The summed E-state index contributed by atoms with van der Waals surface area (Å²) in [7, 11) is 0. The zero-order chi connectivity index (χ0) is 19.3. The second kappa shape index (κ2) is 8.37. The Morgan fingerprint density at radius 2 is 1.96 bits per heavy atom. The fraction of sp³-hybridized carbons (Fsp3) is 0.273. The zero-order valence-electron chi connectivity index (χ0n) is 16.0. The van der Waals surface area contributed by atoms with E-state index in [-0.39, 0.29) is 5.91 Å². The van der Waals surface area contributed by atoms with Crippen LogP contribution in [0.3, 0.4) is 0 Å². The average Bonchev–Trinajstić information content (AvgIpc) is 3.25. The van der Waals surface area contributed by atoms with Gasteiger partial charge in [0.25, 0.3) is 5.91 Å². The van der Waals surface area contributed by atoms with Gasteiger partial charge in [0, 0.05) is 43.3 Å². The number of aromatic nitrogens is 2. The van der Waals surface area contributed by atoms with Crippen LogP contribution in [0.25, 0.3) is 5.69 Å². The fourth-order valence-corrected chi connectivity index (χ4v) is 3.38. The van der Waals surface area contributed by atoms with E-state index in [1.807, 2.05) is 55.6 Å². The number of hydrogen-bond acceptors (Lipinski definition) is 4. The molecule has 1 fully saturated rings. The predicted octanol–water partition coefficient (Wildman–Crippen LogP) is 3.27. The molecule has 1 aromatic heterocycles. The lowest BCUT2D eigenvalue weighted by Crippen LogP contribution is -2.35. The number of para-hydroxylation sites is 1. The molecule has 6 heteroatoms. The van der Waals surface area contributed by atoms with Crippen molar-refractivity contribution < 1.29 is 9.53 Å². The number of hydrogen-bond donors (Lipinski definition) is 1. The van der Waals surface area contributed by atoms with Crippen molar-refractivity contribution in [3.8, 4) is 5.69 Å². The molecule has 0 atom stereocenters. The van der Waals surface area contributed by atoms with E-state index in [0.29, 0.717) is 5.56 Å². The minimum Gasteiger partial charge on any atom is -0.379 e. The summed E-state index contributed by atoms with van der Waals surface area (Å²) in [6.45, 7) is 6.14. The summed E-state index contributed by atoms with van der Waals surface area (Å²) in [4.78, 5) is 15.3. The molecule has 0 aliphatic carbocycles. The van der Waals surface area contributed by atoms with Crippen molar-refractivity contribution in [1.82, 2.24) is 14.7 Å². The molecule has 0 saturated carbocycles. The monoisotopic (exact) mass is 376 g/mol. The van der Waals surface area contributed by atoms with Crippen molar-refractivity contribution in [1.29, 1.82) is 0 Å². The van der Waals surface area contributed by atoms with Gasteiger partial charge in [-0.25, -0.2) is 4.68 Å². The number of rotatable bonds is 5. The SMILES string of the molecule is Cc1ccc(C(=O)Nc2ccccc2CN2CCOCC2)cc1-n1cccn1. The Balaban J connectivity index is 1.53. The van der Waals surface area contributed by atoms with Gasteiger partial charge in [-0.15, -0.1) is 0 Å². The molecule has 0 spiro atoms. The molecule has 1 saturated heterocycles. The van der Waals surface area contributed by atoms with Crippen molar-refractivity contribution in [3.05, 3.63) is 77.6 Å². The number of nitrogens with zero attached hydrogens (tertiary/aromatic N) is 3. The van der Waals surface area contributed by atoms with Crippen molar-refractivity contribution in [2.45, 2.75) is 13.5 Å². The molecule has 1 aliphatic rings. The smallest absolute Gasteiger partial charge is 0.255 e. The number of nitrogens with one attached hydrogen (secondary N) is 1. The number of amides is 1. The van der Waals surface area contributed by atoms with E-state index < -0.39 is 0 Å².